The summed E-state index contributed by atoms with van der Waals surface area (Å²) in [5.41, 5.74) is 2.13. The molecule has 6 nitrogen and oxygen atoms in total. The second-order valence-electron chi connectivity index (χ2n) is 6.74. The minimum atomic E-state index is -0.120. The Bertz CT molecular complexity index is 777. The van der Waals surface area contributed by atoms with Crippen molar-refractivity contribution in [1.29, 1.82) is 0 Å². The van der Waals surface area contributed by atoms with E-state index in [2.05, 4.69) is 10.6 Å². The van der Waals surface area contributed by atoms with E-state index in [4.69, 9.17) is 4.74 Å². The van der Waals surface area contributed by atoms with Gasteiger partial charge in [-0.05, 0) is 23.3 Å². The molecular weight excluding hydrogens is 342 g/mol. The van der Waals surface area contributed by atoms with Crippen LogP contribution >= 0.6 is 0 Å². The van der Waals surface area contributed by atoms with Gasteiger partial charge in [-0.2, -0.15) is 0 Å². The first-order valence-corrected chi connectivity index (χ1v) is 9.04. The number of benzene rings is 2. The van der Waals surface area contributed by atoms with Crippen LogP contribution in [0.15, 0.2) is 54.6 Å². The molecule has 1 aliphatic rings. The van der Waals surface area contributed by atoms with Crippen LogP contribution in [0.25, 0.3) is 0 Å². The lowest BCUT2D eigenvalue weighted by atomic mass is 9.94. The van der Waals surface area contributed by atoms with Gasteiger partial charge in [0.2, 0.25) is 5.91 Å². The van der Waals surface area contributed by atoms with E-state index in [-0.39, 0.29) is 23.9 Å². The molecule has 2 N–H and O–H groups in total. The van der Waals surface area contributed by atoms with Gasteiger partial charge in [0.05, 0.1) is 13.2 Å². The van der Waals surface area contributed by atoms with E-state index in [1.54, 1.807) is 12.0 Å². The third kappa shape index (κ3) is 4.78. The van der Waals surface area contributed by atoms with Crippen LogP contribution < -0.4 is 15.4 Å². The van der Waals surface area contributed by atoms with Gasteiger partial charge in [0, 0.05) is 32.5 Å². The lowest BCUT2D eigenvalue weighted by molar-refractivity contribution is -0.119. The number of hydrogen-bond donors (Lipinski definition) is 2. The van der Waals surface area contributed by atoms with Gasteiger partial charge in [-0.3, -0.25) is 4.79 Å². The summed E-state index contributed by atoms with van der Waals surface area (Å²) in [5, 5.41) is 5.95. The molecule has 2 atom stereocenters. The predicted octanol–water partition coefficient (Wildman–Crippen LogP) is 2.51. The molecule has 1 heterocycles. The van der Waals surface area contributed by atoms with Crippen LogP contribution in [0, 0.1) is 0 Å². The zero-order chi connectivity index (χ0) is 19.2. The molecule has 1 aliphatic heterocycles. The number of methoxy groups -OCH3 is 1. The summed E-state index contributed by atoms with van der Waals surface area (Å²) in [7, 11) is 1.63. The Morgan fingerprint density at radius 1 is 1.07 bits per heavy atom. The maximum absolute atomic E-state index is 12.6. The third-order valence-electron chi connectivity index (χ3n) is 4.83. The molecule has 2 aromatic carbocycles. The molecule has 142 valence electrons. The van der Waals surface area contributed by atoms with Gasteiger partial charge in [-0.25, -0.2) is 4.79 Å². The quantitative estimate of drug-likeness (QED) is 0.853. The van der Waals surface area contributed by atoms with E-state index >= 15 is 0 Å². The molecule has 0 radical (unpaired) electrons. The van der Waals surface area contributed by atoms with Crippen molar-refractivity contribution in [1.82, 2.24) is 15.5 Å². The number of rotatable bonds is 5. The van der Waals surface area contributed by atoms with Crippen molar-refractivity contribution in [2.45, 2.75) is 25.4 Å². The van der Waals surface area contributed by atoms with Crippen molar-refractivity contribution in [3.05, 3.63) is 65.7 Å². The smallest absolute Gasteiger partial charge is 0.317 e. The van der Waals surface area contributed by atoms with E-state index in [0.717, 1.165) is 16.9 Å². The number of carbonyl (C=O) groups is 2. The van der Waals surface area contributed by atoms with Crippen LogP contribution in [0.3, 0.4) is 0 Å². The molecule has 0 unspecified atom stereocenters. The van der Waals surface area contributed by atoms with Gasteiger partial charge in [0.25, 0.3) is 0 Å². The van der Waals surface area contributed by atoms with E-state index in [1.807, 2.05) is 54.6 Å². The molecule has 27 heavy (non-hydrogen) atoms. The normalized spacial score (nSPS) is 18.8. The van der Waals surface area contributed by atoms with Crippen molar-refractivity contribution in [2.75, 3.05) is 20.2 Å². The van der Waals surface area contributed by atoms with Gasteiger partial charge in [0.15, 0.2) is 0 Å². The number of nitrogens with zero attached hydrogens (tertiary/aromatic N) is 1. The van der Waals surface area contributed by atoms with E-state index in [0.29, 0.717) is 19.6 Å². The van der Waals surface area contributed by atoms with Crippen LogP contribution in [-0.4, -0.2) is 43.1 Å². The molecular formula is C21H25N3O3. The first-order valence-electron chi connectivity index (χ1n) is 9.04. The molecule has 1 saturated heterocycles. The second-order valence-corrected chi connectivity index (χ2v) is 6.74. The van der Waals surface area contributed by atoms with Crippen LogP contribution in [0.2, 0.25) is 0 Å². The Kier molecular flexibility index (Phi) is 5.96. The Hall–Kier alpha value is -3.02. The molecule has 0 aliphatic carbocycles. The Morgan fingerprint density at radius 2 is 1.78 bits per heavy atom. The minimum absolute atomic E-state index is 0.0438. The van der Waals surface area contributed by atoms with Gasteiger partial charge in [0.1, 0.15) is 5.75 Å². The molecule has 6 heteroatoms. The highest BCUT2D eigenvalue weighted by molar-refractivity contribution is 5.76. The largest absolute Gasteiger partial charge is 0.497 e. The highest BCUT2D eigenvalue weighted by atomic mass is 16.5. The maximum atomic E-state index is 12.6. The van der Waals surface area contributed by atoms with Crippen LogP contribution in [0.5, 0.6) is 5.75 Å². The lowest BCUT2D eigenvalue weighted by Crippen LogP contribution is -2.41. The van der Waals surface area contributed by atoms with Crippen molar-refractivity contribution >= 4 is 11.9 Å². The molecule has 0 spiro atoms. The number of likely N-dealkylation sites (tertiary alicyclic amines) is 1. The van der Waals surface area contributed by atoms with E-state index in [9.17, 15) is 9.59 Å². The second kappa shape index (κ2) is 8.58. The van der Waals surface area contributed by atoms with Crippen LogP contribution in [0.4, 0.5) is 4.79 Å². The Morgan fingerprint density at radius 3 is 2.41 bits per heavy atom. The summed E-state index contributed by atoms with van der Waals surface area (Å²) < 4.78 is 5.21. The summed E-state index contributed by atoms with van der Waals surface area (Å²) in [6, 6.07) is 17.3. The summed E-state index contributed by atoms with van der Waals surface area (Å²) >= 11 is 0. The lowest BCUT2D eigenvalue weighted by Gasteiger charge is -2.19. The fraction of sp³-hybridized carbons (Fsp3) is 0.333. The highest BCUT2D eigenvalue weighted by Gasteiger charge is 2.36. The number of hydrogen-bond acceptors (Lipinski definition) is 3. The molecule has 0 aromatic heterocycles. The predicted molar refractivity (Wildman–Crippen MR) is 104 cm³/mol. The van der Waals surface area contributed by atoms with Crippen molar-refractivity contribution in [3.8, 4) is 5.75 Å². The first kappa shape index (κ1) is 18.8. The summed E-state index contributed by atoms with van der Waals surface area (Å²) in [6.45, 7) is 3.02. The fourth-order valence-corrected chi connectivity index (χ4v) is 3.45. The van der Waals surface area contributed by atoms with Crippen molar-refractivity contribution < 1.29 is 14.3 Å². The number of urea groups is 1. The average molecular weight is 367 g/mol. The molecule has 3 amide bonds. The SMILES string of the molecule is COc1ccc([C@@H]2CN(C(=O)NCc3ccccc3)C[C@H]2NC(C)=O)cc1. The topological polar surface area (TPSA) is 70.7 Å². The number of ether oxygens (including phenoxy) is 1. The zero-order valence-corrected chi connectivity index (χ0v) is 15.6. The fourth-order valence-electron chi connectivity index (χ4n) is 3.45. The van der Waals surface area contributed by atoms with E-state index in [1.165, 1.54) is 6.92 Å². The zero-order valence-electron chi connectivity index (χ0n) is 15.6. The standard InChI is InChI=1S/C21H25N3O3/c1-15(25)23-20-14-24(21(26)22-12-16-6-4-3-5-7-16)13-19(20)17-8-10-18(27-2)11-9-17/h3-11,19-20H,12-14H2,1-2H3,(H,22,26)(H,23,25)/t19-,20+/m0/s1. The number of nitrogens with one attached hydrogen (secondary N) is 2. The number of amides is 3. The Labute approximate surface area is 159 Å². The molecule has 3 rings (SSSR count). The molecule has 2 aromatic rings. The average Bonchev–Trinajstić information content (AvgIpc) is 3.10. The highest BCUT2D eigenvalue weighted by Crippen LogP contribution is 2.29. The van der Waals surface area contributed by atoms with Gasteiger partial charge < -0.3 is 20.3 Å². The number of carbonyl (C=O) groups excluding carboxylic acids is 2. The van der Waals surface area contributed by atoms with Crippen molar-refractivity contribution in [2.24, 2.45) is 0 Å². The first-order chi connectivity index (χ1) is 13.1. The summed E-state index contributed by atoms with van der Waals surface area (Å²) in [6.07, 6.45) is 0. The minimum Gasteiger partial charge on any atom is -0.497 e. The Balaban J connectivity index is 1.68. The van der Waals surface area contributed by atoms with Crippen LogP contribution in [-0.2, 0) is 11.3 Å². The molecule has 1 fully saturated rings. The monoisotopic (exact) mass is 367 g/mol. The summed E-state index contributed by atoms with van der Waals surface area (Å²) in [5.74, 6) is 0.734. The third-order valence-corrected chi connectivity index (χ3v) is 4.83. The van der Waals surface area contributed by atoms with Gasteiger partial charge in [-0.15, -0.1) is 0 Å². The summed E-state index contributed by atoms with van der Waals surface area (Å²) in [4.78, 5) is 26.0. The van der Waals surface area contributed by atoms with Crippen LogP contribution in [0.1, 0.15) is 24.0 Å². The van der Waals surface area contributed by atoms with Gasteiger partial charge in [-0.1, -0.05) is 42.5 Å². The maximum Gasteiger partial charge on any atom is 0.317 e. The van der Waals surface area contributed by atoms with E-state index < -0.39 is 0 Å². The van der Waals surface area contributed by atoms with Gasteiger partial charge >= 0.3 is 6.03 Å². The molecule has 0 saturated carbocycles. The molecule has 0 bridgehead atoms. The van der Waals surface area contributed by atoms with Crippen molar-refractivity contribution in [3.63, 3.8) is 0 Å².